The molecule has 20 heavy (non-hydrogen) atoms. The second-order valence-electron chi connectivity index (χ2n) is 4.48. The standard InChI is InChI=1S/C14H17Cl2N3S/c1-3-7-17-12(4-2)14-19-18-13(20-14)10-6-5-9(15)8-11(10)16/h5-6,8,12,17H,3-4,7H2,1-2H3. The molecule has 1 unspecified atom stereocenters. The van der Waals surface area contributed by atoms with Gasteiger partial charge in [0.15, 0.2) is 0 Å². The first-order valence-corrected chi connectivity index (χ1v) is 8.25. The molecule has 0 spiro atoms. The van der Waals surface area contributed by atoms with E-state index in [-0.39, 0.29) is 6.04 Å². The number of aromatic nitrogens is 2. The zero-order valence-corrected chi connectivity index (χ0v) is 13.8. The van der Waals surface area contributed by atoms with Crippen molar-refractivity contribution in [2.24, 2.45) is 0 Å². The van der Waals surface area contributed by atoms with Crippen molar-refractivity contribution in [3.8, 4) is 10.6 Å². The molecule has 2 aromatic rings. The second kappa shape index (κ2) is 7.36. The zero-order chi connectivity index (χ0) is 14.5. The van der Waals surface area contributed by atoms with E-state index in [1.807, 2.05) is 12.1 Å². The number of hydrogen-bond acceptors (Lipinski definition) is 4. The minimum Gasteiger partial charge on any atom is -0.308 e. The molecule has 1 N–H and O–H groups in total. The van der Waals surface area contributed by atoms with Crippen molar-refractivity contribution >= 4 is 34.5 Å². The smallest absolute Gasteiger partial charge is 0.149 e. The van der Waals surface area contributed by atoms with Gasteiger partial charge in [0.1, 0.15) is 10.0 Å². The van der Waals surface area contributed by atoms with E-state index in [0.29, 0.717) is 10.0 Å². The fourth-order valence-electron chi connectivity index (χ4n) is 1.87. The van der Waals surface area contributed by atoms with Gasteiger partial charge in [-0.15, -0.1) is 10.2 Å². The molecule has 0 aliphatic heterocycles. The fraction of sp³-hybridized carbons (Fsp3) is 0.429. The topological polar surface area (TPSA) is 37.8 Å². The summed E-state index contributed by atoms with van der Waals surface area (Å²) in [5.74, 6) is 0. The lowest BCUT2D eigenvalue weighted by Gasteiger charge is -2.12. The maximum atomic E-state index is 6.21. The lowest BCUT2D eigenvalue weighted by molar-refractivity contribution is 0.513. The Morgan fingerprint density at radius 3 is 2.70 bits per heavy atom. The normalized spacial score (nSPS) is 12.6. The highest BCUT2D eigenvalue weighted by atomic mass is 35.5. The number of rotatable bonds is 6. The Bertz CT molecular complexity index is 571. The van der Waals surface area contributed by atoms with Crippen LogP contribution in [0.3, 0.4) is 0 Å². The van der Waals surface area contributed by atoms with Crippen LogP contribution in [0, 0.1) is 0 Å². The molecule has 1 aromatic heterocycles. The number of nitrogens with one attached hydrogen (secondary N) is 1. The van der Waals surface area contributed by atoms with Crippen LogP contribution in [0.5, 0.6) is 0 Å². The summed E-state index contributed by atoms with van der Waals surface area (Å²) in [6, 6.07) is 5.69. The Labute approximate surface area is 133 Å². The van der Waals surface area contributed by atoms with Crippen molar-refractivity contribution in [1.82, 2.24) is 15.5 Å². The number of nitrogens with zero attached hydrogens (tertiary/aromatic N) is 2. The van der Waals surface area contributed by atoms with Crippen molar-refractivity contribution in [3.63, 3.8) is 0 Å². The first kappa shape index (κ1) is 15.7. The quantitative estimate of drug-likeness (QED) is 0.813. The van der Waals surface area contributed by atoms with Crippen molar-refractivity contribution in [2.75, 3.05) is 6.54 Å². The third-order valence-corrected chi connectivity index (χ3v) is 4.57. The molecule has 6 heteroatoms. The first-order valence-electron chi connectivity index (χ1n) is 6.67. The van der Waals surface area contributed by atoms with Gasteiger partial charge in [0.2, 0.25) is 0 Å². The molecule has 3 nitrogen and oxygen atoms in total. The molecule has 0 fully saturated rings. The highest BCUT2D eigenvalue weighted by molar-refractivity contribution is 7.14. The maximum Gasteiger partial charge on any atom is 0.149 e. The molecule has 0 saturated heterocycles. The summed E-state index contributed by atoms with van der Waals surface area (Å²) in [6.45, 7) is 5.28. The van der Waals surface area contributed by atoms with Crippen molar-refractivity contribution < 1.29 is 0 Å². The van der Waals surface area contributed by atoms with Gasteiger partial charge in [-0.05, 0) is 37.6 Å². The third kappa shape index (κ3) is 3.70. The van der Waals surface area contributed by atoms with Gasteiger partial charge >= 0.3 is 0 Å². The van der Waals surface area contributed by atoms with Gasteiger partial charge in [-0.25, -0.2) is 0 Å². The largest absolute Gasteiger partial charge is 0.308 e. The fourth-order valence-corrected chi connectivity index (χ4v) is 3.47. The predicted octanol–water partition coefficient (Wildman–Crippen LogP) is 4.96. The summed E-state index contributed by atoms with van der Waals surface area (Å²) in [4.78, 5) is 0. The molecule has 0 aliphatic carbocycles. The highest BCUT2D eigenvalue weighted by Crippen LogP contribution is 2.34. The van der Waals surface area contributed by atoms with E-state index in [1.165, 1.54) is 0 Å². The van der Waals surface area contributed by atoms with E-state index in [0.717, 1.165) is 35.0 Å². The molecular formula is C14H17Cl2N3S. The van der Waals surface area contributed by atoms with Crippen LogP contribution >= 0.6 is 34.5 Å². The molecular weight excluding hydrogens is 313 g/mol. The SMILES string of the molecule is CCCNC(CC)c1nnc(-c2ccc(Cl)cc2Cl)s1. The Morgan fingerprint density at radius 1 is 1.25 bits per heavy atom. The van der Waals surface area contributed by atoms with Crippen LogP contribution in [-0.4, -0.2) is 16.7 Å². The molecule has 0 radical (unpaired) electrons. The predicted molar refractivity (Wildman–Crippen MR) is 86.7 cm³/mol. The molecule has 0 saturated carbocycles. The minimum atomic E-state index is 0.257. The van der Waals surface area contributed by atoms with Crippen LogP contribution in [0.1, 0.15) is 37.7 Å². The Balaban J connectivity index is 2.23. The number of hydrogen-bond donors (Lipinski definition) is 1. The average molecular weight is 330 g/mol. The summed E-state index contributed by atoms with van der Waals surface area (Å²) in [5, 5.41) is 15.1. The second-order valence-corrected chi connectivity index (χ2v) is 6.34. The van der Waals surface area contributed by atoms with Crippen molar-refractivity contribution in [2.45, 2.75) is 32.7 Å². The number of benzene rings is 1. The first-order chi connectivity index (χ1) is 9.65. The molecule has 108 valence electrons. The van der Waals surface area contributed by atoms with Gasteiger partial charge in [0.25, 0.3) is 0 Å². The van der Waals surface area contributed by atoms with Crippen molar-refractivity contribution in [3.05, 3.63) is 33.3 Å². The van der Waals surface area contributed by atoms with E-state index >= 15 is 0 Å². The van der Waals surface area contributed by atoms with Gasteiger partial charge < -0.3 is 5.32 Å². The third-order valence-electron chi connectivity index (χ3n) is 2.95. The Hall–Kier alpha value is -0.680. The average Bonchev–Trinajstić information content (AvgIpc) is 2.89. The Morgan fingerprint density at radius 2 is 2.05 bits per heavy atom. The Kier molecular flexibility index (Phi) is 5.78. The maximum absolute atomic E-state index is 6.21. The van der Waals surface area contributed by atoms with E-state index in [1.54, 1.807) is 17.4 Å². The van der Waals surface area contributed by atoms with Crippen LogP contribution in [0.4, 0.5) is 0 Å². The lowest BCUT2D eigenvalue weighted by Crippen LogP contribution is -2.21. The van der Waals surface area contributed by atoms with Gasteiger partial charge in [0.05, 0.1) is 11.1 Å². The van der Waals surface area contributed by atoms with Crippen LogP contribution < -0.4 is 5.32 Å². The monoisotopic (exact) mass is 329 g/mol. The zero-order valence-electron chi connectivity index (χ0n) is 11.5. The van der Waals surface area contributed by atoms with E-state index in [2.05, 4.69) is 29.4 Å². The molecule has 1 aromatic carbocycles. The van der Waals surface area contributed by atoms with Crippen LogP contribution in [0.2, 0.25) is 10.0 Å². The van der Waals surface area contributed by atoms with E-state index in [9.17, 15) is 0 Å². The molecule has 1 atom stereocenters. The summed E-state index contributed by atoms with van der Waals surface area (Å²) in [7, 11) is 0. The van der Waals surface area contributed by atoms with Gasteiger partial charge in [-0.2, -0.15) is 0 Å². The lowest BCUT2D eigenvalue weighted by atomic mass is 10.2. The molecule has 1 heterocycles. The highest BCUT2D eigenvalue weighted by Gasteiger charge is 2.16. The summed E-state index contributed by atoms with van der Waals surface area (Å²) in [6.07, 6.45) is 2.09. The van der Waals surface area contributed by atoms with Crippen LogP contribution in [0.15, 0.2) is 18.2 Å². The molecule has 0 bridgehead atoms. The molecule has 2 rings (SSSR count). The number of halogens is 2. The van der Waals surface area contributed by atoms with Crippen LogP contribution in [0.25, 0.3) is 10.6 Å². The van der Waals surface area contributed by atoms with Crippen LogP contribution in [-0.2, 0) is 0 Å². The molecule has 0 aliphatic rings. The van der Waals surface area contributed by atoms with Crippen molar-refractivity contribution in [1.29, 1.82) is 0 Å². The van der Waals surface area contributed by atoms with Gasteiger partial charge in [0, 0.05) is 10.6 Å². The van der Waals surface area contributed by atoms with Gasteiger partial charge in [-0.3, -0.25) is 0 Å². The van der Waals surface area contributed by atoms with E-state index in [4.69, 9.17) is 23.2 Å². The summed E-state index contributed by atoms with van der Waals surface area (Å²) < 4.78 is 0. The summed E-state index contributed by atoms with van der Waals surface area (Å²) >= 11 is 13.7. The van der Waals surface area contributed by atoms with E-state index < -0.39 is 0 Å². The minimum absolute atomic E-state index is 0.257. The summed E-state index contributed by atoms with van der Waals surface area (Å²) in [5.41, 5.74) is 0.880. The van der Waals surface area contributed by atoms with Gasteiger partial charge in [-0.1, -0.05) is 48.4 Å². The molecule has 0 amide bonds.